The van der Waals surface area contributed by atoms with Crippen molar-refractivity contribution >= 4 is 34.4 Å². The van der Waals surface area contributed by atoms with Crippen LogP contribution in [-0.4, -0.2) is 33.6 Å². The van der Waals surface area contributed by atoms with Gasteiger partial charge in [0.1, 0.15) is 5.82 Å². The van der Waals surface area contributed by atoms with E-state index in [2.05, 4.69) is 34.8 Å². The summed E-state index contributed by atoms with van der Waals surface area (Å²) in [5, 5.41) is 1.08. The van der Waals surface area contributed by atoms with Gasteiger partial charge in [-0.3, -0.25) is 0 Å². The van der Waals surface area contributed by atoms with Crippen molar-refractivity contribution in [2.75, 3.05) is 29.5 Å². The lowest BCUT2D eigenvalue weighted by atomic mass is 10.1. The molecule has 2 N–H and O–H groups in total. The summed E-state index contributed by atoms with van der Waals surface area (Å²) in [5.74, 6) is 2.44. The Morgan fingerprint density at radius 3 is 2.84 bits per heavy atom. The Morgan fingerprint density at radius 1 is 1.26 bits per heavy atom. The maximum Gasteiger partial charge on any atom is 0.222 e. The van der Waals surface area contributed by atoms with E-state index in [4.69, 9.17) is 5.73 Å². The summed E-state index contributed by atoms with van der Waals surface area (Å²) in [4.78, 5) is 11.1. The van der Waals surface area contributed by atoms with E-state index in [-0.39, 0.29) is 4.75 Å². The second-order valence-corrected chi connectivity index (χ2v) is 7.25. The number of hydrogen-bond acceptors (Lipinski definition) is 5. The molecule has 100 valence electrons. The highest BCUT2D eigenvalue weighted by Gasteiger charge is 2.28. The van der Waals surface area contributed by atoms with Crippen LogP contribution in [0.25, 0.3) is 10.9 Å². The highest BCUT2D eigenvalue weighted by Crippen LogP contribution is 2.34. The van der Waals surface area contributed by atoms with Crippen LogP contribution >= 0.6 is 11.8 Å². The third kappa shape index (κ3) is 2.47. The molecule has 0 bridgehead atoms. The van der Waals surface area contributed by atoms with Gasteiger partial charge in [0, 0.05) is 29.0 Å². The number of nitrogen functional groups attached to an aromatic ring is 1. The monoisotopic (exact) mass is 274 g/mol. The summed E-state index contributed by atoms with van der Waals surface area (Å²) in [6, 6.07) is 8.06. The van der Waals surface area contributed by atoms with Crippen LogP contribution in [0, 0.1) is 0 Å². The second kappa shape index (κ2) is 4.56. The Balaban J connectivity index is 2.09. The first kappa shape index (κ1) is 12.5. The van der Waals surface area contributed by atoms with Crippen LogP contribution in [0.1, 0.15) is 13.8 Å². The molecule has 19 heavy (non-hydrogen) atoms. The Hall–Kier alpha value is -1.49. The van der Waals surface area contributed by atoms with E-state index in [0.717, 1.165) is 35.6 Å². The molecule has 2 heterocycles. The summed E-state index contributed by atoms with van der Waals surface area (Å²) in [7, 11) is 0. The molecule has 2 aromatic rings. The van der Waals surface area contributed by atoms with Gasteiger partial charge in [0.15, 0.2) is 0 Å². The van der Waals surface area contributed by atoms with Gasteiger partial charge in [-0.25, -0.2) is 4.98 Å². The molecule has 0 aliphatic carbocycles. The quantitative estimate of drug-likeness (QED) is 0.866. The summed E-state index contributed by atoms with van der Waals surface area (Å²) < 4.78 is 0.249. The fourth-order valence-corrected chi connectivity index (χ4v) is 3.63. The van der Waals surface area contributed by atoms with Crippen LogP contribution in [0.3, 0.4) is 0 Å². The highest BCUT2D eigenvalue weighted by atomic mass is 32.2. The molecule has 1 aromatic carbocycles. The summed E-state index contributed by atoms with van der Waals surface area (Å²) >= 11 is 2.01. The van der Waals surface area contributed by atoms with Crippen molar-refractivity contribution in [3.63, 3.8) is 0 Å². The molecule has 5 heteroatoms. The standard InChI is InChI=1S/C14H18N4S/c1-14(2)9-18(7-8-19-14)12-10-5-3-4-6-11(10)16-13(15)17-12/h3-6H,7-9H2,1-2H3,(H2,15,16,17). The highest BCUT2D eigenvalue weighted by molar-refractivity contribution is 8.00. The van der Waals surface area contributed by atoms with E-state index < -0.39 is 0 Å². The average molecular weight is 274 g/mol. The Bertz CT molecular complexity index is 611. The number of fused-ring (bicyclic) bond motifs is 1. The minimum absolute atomic E-state index is 0.249. The molecular formula is C14H18N4S. The normalized spacial score (nSPS) is 18.7. The number of nitrogens with two attached hydrogens (primary N) is 1. The van der Waals surface area contributed by atoms with E-state index in [1.165, 1.54) is 0 Å². The molecule has 4 nitrogen and oxygen atoms in total. The molecule has 1 aliphatic rings. The predicted octanol–water partition coefficient (Wildman–Crippen LogP) is 2.54. The molecule has 0 radical (unpaired) electrons. The maximum absolute atomic E-state index is 5.84. The first-order valence-electron chi connectivity index (χ1n) is 6.46. The number of aromatic nitrogens is 2. The van der Waals surface area contributed by atoms with Crippen LogP contribution in [0.15, 0.2) is 24.3 Å². The van der Waals surface area contributed by atoms with E-state index in [1.807, 2.05) is 30.0 Å². The summed E-state index contributed by atoms with van der Waals surface area (Å²) in [6.45, 7) is 6.54. The zero-order chi connectivity index (χ0) is 13.5. The van der Waals surface area contributed by atoms with Crippen LogP contribution in [0.5, 0.6) is 0 Å². The molecule has 1 fully saturated rings. The van der Waals surface area contributed by atoms with Crippen LogP contribution < -0.4 is 10.6 Å². The lowest BCUT2D eigenvalue weighted by Gasteiger charge is -2.38. The molecule has 1 aromatic heterocycles. The van der Waals surface area contributed by atoms with Crippen molar-refractivity contribution in [3.8, 4) is 0 Å². The van der Waals surface area contributed by atoms with Gasteiger partial charge in [0.25, 0.3) is 0 Å². The second-order valence-electron chi connectivity index (χ2n) is 5.45. The van der Waals surface area contributed by atoms with Gasteiger partial charge in [-0.2, -0.15) is 16.7 Å². The number of para-hydroxylation sites is 1. The van der Waals surface area contributed by atoms with Crippen molar-refractivity contribution in [3.05, 3.63) is 24.3 Å². The van der Waals surface area contributed by atoms with Gasteiger partial charge >= 0.3 is 0 Å². The molecule has 0 unspecified atom stereocenters. The average Bonchev–Trinajstić information content (AvgIpc) is 2.36. The van der Waals surface area contributed by atoms with Crippen molar-refractivity contribution in [2.24, 2.45) is 0 Å². The molecule has 1 aliphatic heterocycles. The molecule has 0 amide bonds. The van der Waals surface area contributed by atoms with Crippen LogP contribution in [-0.2, 0) is 0 Å². The van der Waals surface area contributed by atoms with Gasteiger partial charge in [-0.05, 0) is 26.0 Å². The first-order chi connectivity index (χ1) is 9.05. The Morgan fingerprint density at radius 2 is 2.05 bits per heavy atom. The fraction of sp³-hybridized carbons (Fsp3) is 0.429. The van der Waals surface area contributed by atoms with Gasteiger partial charge in [0.05, 0.1) is 5.52 Å². The third-order valence-electron chi connectivity index (χ3n) is 3.33. The van der Waals surface area contributed by atoms with Crippen molar-refractivity contribution in [1.29, 1.82) is 0 Å². The van der Waals surface area contributed by atoms with Gasteiger partial charge in [-0.15, -0.1) is 0 Å². The van der Waals surface area contributed by atoms with E-state index >= 15 is 0 Å². The summed E-state index contributed by atoms with van der Waals surface area (Å²) in [5.41, 5.74) is 6.76. The van der Waals surface area contributed by atoms with E-state index in [9.17, 15) is 0 Å². The number of nitrogens with zero attached hydrogens (tertiary/aromatic N) is 3. The number of anilines is 2. The largest absolute Gasteiger partial charge is 0.368 e. The molecular weight excluding hydrogens is 256 g/mol. The molecule has 1 saturated heterocycles. The molecule has 3 rings (SSSR count). The zero-order valence-corrected chi connectivity index (χ0v) is 12.1. The third-order valence-corrected chi connectivity index (χ3v) is 4.62. The van der Waals surface area contributed by atoms with E-state index in [0.29, 0.717) is 5.95 Å². The van der Waals surface area contributed by atoms with Gasteiger partial charge in [-0.1, -0.05) is 12.1 Å². The predicted molar refractivity (Wildman–Crippen MR) is 82.7 cm³/mol. The van der Waals surface area contributed by atoms with Crippen LogP contribution in [0.2, 0.25) is 0 Å². The number of hydrogen-bond donors (Lipinski definition) is 1. The summed E-state index contributed by atoms with van der Waals surface area (Å²) in [6.07, 6.45) is 0. The van der Waals surface area contributed by atoms with Crippen LogP contribution in [0.4, 0.5) is 11.8 Å². The van der Waals surface area contributed by atoms with Gasteiger partial charge < -0.3 is 10.6 Å². The Kier molecular flexibility index (Phi) is 3.01. The molecule has 0 saturated carbocycles. The molecule has 0 atom stereocenters. The smallest absolute Gasteiger partial charge is 0.222 e. The van der Waals surface area contributed by atoms with E-state index in [1.54, 1.807) is 0 Å². The fourth-order valence-electron chi connectivity index (χ4n) is 2.52. The minimum Gasteiger partial charge on any atom is -0.368 e. The lowest BCUT2D eigenvalue weighted by molar-refractivity contribution is 0.644. The topological polar surface area (TPSA) is 55.0 Å². The van der Waals surface area contributed by atoms with Crippen molar-refractivity contribution in [2.45, 2.75) is 18.6 Å². The zero-order valence-electron chi connectivity index (χ0n) is 11.3. The number of benzene rings is 1. The SMILES string of the molecule is CC1(C)CN(c2nc(N)nc3ccccc23)CCS1. The van der Waals surface area contributed by atoms with Gasteiger partial charge in [0.2, 0.25) is 5.95 Å². The van der Waals surface area contributed by atoms with Crippen molar-refractivity contribution in [1.82, 2.24) is 9.97 Å². The lowest BCUT2D eigenvalue weighted by Crippen LogP contribution is -2.43. The van der Waals surface area contributed by atoms with Crippen molar-refractivity contribution < 1.29 is 0 Å². The maximum atomic E-state index is 5.84. The first-order valence-corrected chi connectivity index (χ1v) is 7.45. The Labute approximate surface area is 117 Å². The minimum atomic E-state index is 0.249. The molecule has 0 spiro atoms. The number of rotatable bonds is 1. The number of thioether (sulfide) groups is 1.